The summed E-state index contributed by atoms with van der Waals surface area (Å²) in [4.78, 5) is 15.4. The number of aliphatic hydroxyl groups is 2. The maximum absolute atomic E-state index is 14.4. The van der Waals surface area contributed by atoms with E-state index >= 15 is 0 Å². The van der Waals surface area contributed by atoms with Crippen LogP contribution in [-0.4, -0.2) is 76.2 Å². The van der Waals surface area contributed by atoms with Crippen LogP contribution in [-0.2, 0) is 4.79 Å². The molecule has 9 atom stereocenters. The third-order valence-electron chi connectivity index (χ3n) is 8.10. The maximum Gasteiger partial charge on any atom is 0.241 e. The van der Waals surface area contributed by atoms with Crippen LogP contribution in [0.25, 0.3) is 0 Å². The van der Waals surface area contributed by atoms with Crippen molar-refractivity contribution in [2.75, 3.05) is 6.54 Å². The van der Waals surface area contributed by atoms with Crippen LogP contribution in [0.4, 0.5) is 4.39 Å². The van der Waals surface area contributed by atoms with Crippen molar-refractivity contribution in [2.45, 2.75) is 114 Å². The summed E-state index contributed by atoms with van der Waals surface area (Å²) in [6, 6.07) is -0.570. The maximum atomic E-state index is 14.4. The number of hydrazine groups is 1. The Hall–Kier alpha value is -0.800. The van der Waals surface area contributed by atoms with Crippen LogP contribution in [0, 0.1) is 11.8 Å². The van der Waals surface area contributed by atoms with E-state index in [9.17, 15) is 19.4 Å². The zero-order valence-electron chi connectivity index (χ0n) is 18.3. The molecule has 30 heavy (non-hydrogen) atoms. The lowest BCUT2D eigenvalue weighted by molar-refractivity contribution is -0.136. The van der Waals surface area contributed by atoms with E-state index in [1.807, 2.05) is 18.7 Å². The highest BCUT2D eigenvalue weighted by molar-refractivity contribution is 5.83. The number of nitrogens with zero attached hydrogens (tertiary/aromatic N) is 1. The highest BCUT2D eigenvalue weighted by Crippen LogP contribution is 2.36. The van der Waals surface area contributed by atoms with Crippen LogP contribution >= 0.6 is 0 Å². The number of halogens is 1. The molecule has 2 saturated heterocycles. The van der Waals surface area contributed by atoms with Crippen LogP contribution in [0.15, 0.2) is 0 Å². The summed E-state index contributed by atoms with van der Waals surface area (Å²) >= 11 is 0. The van der Waals surface area contributed by atoms with Gasteiger partial charge >= 0.3 is 0 Å². The molecular weight excluding hydrogens is 387 g/mol. The van der Waals surface area contributed by atoms with E-state index in [0.717, 1.165) is 12.8 Å². The molecule has 7 nitrogen and oxygen atoms in total. The molecule has 4 fully saturated rings. The summed E-state index contributed by atoms with van der Waals surface area (Å²) in [5.74, 6) is 0.376. The Balaban J connectivity index is 1.45. The Morgan fingerprint density at radius 1 is 1.13 bits per heavy atom. The van der Waals surface area contributed by atoms with E-state index in [4.69, 9.17) is 0 Å². The molecule has 2 saturated carbocycles. The van der Waals surface area contributed by atoms with E-state index < -0.39 is 24.4 Å². The van der Waals surface area contributed by atoms with Crippen molar-refractivity contribution >= 4 is 5.91 Å². The highest BCUT2D eigenvalue weighted by atomic mass is 19.1. The van der Waals surface area contributed by atoms with E-state index in [0.29, 0.717) is 25.2 Å². The molecule has 4 rings (SSSR count). The van der Waals surface area contributed by atoms with Crippen LogP contribution < -0.4 is 16.2 Å². The second kappa shape index (κ2) is 9.36. The molecule has 172 valence electrons. The normalized spacial score (nSPS) is 44.0. The number of hydrogen-bond acceptors (Lipinski definition) is 6. The number of amides is 1. The largest absolute Gasteiger partial charge is 0.390 e. The molecule has 8 heteroatoms. The Morgan fingerprint density at radius 2 is 1.87 bits per heavy atom. The van der Waals surface area contributed by atoms with Crippen molar-refractivity contribution in [1.29, 1.82) is 0 Å². The van der Waals surface area contributed by atoms with Crippen molar-refractivity contribution in [1.82, 2.24) is 21.1 Å². The monoisotopic (exact) mass is 426 g/mol. The molecule has 0 aromatic carbocycles. The minimum atomic E-state index is -0.934. The molecule has 4 aliphatic rings. The minimum Gasteiger partial charge on any atom is -0.390 e. The van der Waals surface area contributed by atoms with Crippen LogP contribution in [0.3, 0.4) is 0 Å². The second-order valence-electron chi connectivity index (χ2n) is 10.1. The first kappa shape index (κ1) is 22.4. The summed E-state index contributed by atoms with van der Waals surface area (Å²) < 4.78 is 14.4. The molecular formula is C22H39FN4O3. The lowest BCUT2D eigenvalue weighted by atomic mass is 9.82. The van der Waals surface area contributed by atoms with Crippen molar-refractivity contribution in [3.8, 4) is 0 Å². The molecule has 2 heterocycles. The average Bonchev–Trinajstić information content (AvgIpc) is 3.41. The molecule has 2 aliphatic heterocycles. The predicted molar refractivity (Wildman–Crippen MR) is 112 cm³/mol. The lowest BCUT2D eigenvalue weighted by Gasteiger charge is -2.37. The van der Waals surface area contributed by atoms with E-state index in [1.54, 1.807) is 0 Å². The van der Waals surface area contributed by atoms with E-state index in [2.05, 4.69) is 16.2 Å². The Bertz CT molecular complexity index is 605. The molecule has 0 aromatic heterocycles. The molecule has 0 aromatic rings. The smallest absolute Gasteiger partial charge is 0.241 e. The molecule has 0 radical (unpaired) electrons. The minimum absolute atomic E-state index is 0.00627. The van der Waals surface area contributed by atoms with Gasteiger partial charge in [-0.3, -0.25) is 10.2 Å². The Morgan fingerprint density at radius 3 is 2.53 bits per heavy atom. The number of carbonyl (C=O) groups excluding carboxylic acids is 1. The first-order valence-corrected chi connectivity index (χ1v) is 11.9. The number of rotatable bonds is 5. The number of carbonyl (C=O) groups is 1. The molecule has 0 bridgehead atoms. The Kier molecular flexibility index (Phi) is 6.99. The van der Waals surface area contributed by atoms with Gasteiger partial charge in [-0.05, 0) is 45.4 Å². The number of alkyl halides is 1. The van der Waals surface area contributed by atoms with Crippen molar-refractivity contribution in [3.63, 3.8) is 0 Å². The van der Waals surface area contributed by atoms with Gasteiger partial charge in [-0.1, -0.05) is 19.3 Å². The molecule has 0 spiro atoms. The van der Waals surface area contributed by atoms with Crippen LogP contribution in [0.1, 0.15) is 65.2 Å². The highest BCUT2D eigenvalue weighted by Gasteiger charge is 2.48. The molecule has 5 N–H and O–H groups in total. The molecule has 2 aliphatic carbocycles. The van der Waals surface area contributed by atoms with Gasteiger partial charge in [0.15, 0.2) is 0 Å². The number of hydrogen-bond donors (Lipinski definition) is 5. The number of nitrogens with one attached hydrogen (secondary N) is 3. The second-order valence-corrected chi connectivity index (χ2v) is 10.1. The van der Waals surface area contributed by atoms with Gasteiger partial charge in [-0.15, -0.1) is 0 Å². The van der Waals surface area contributed by atoms with Crippen LogP contribution in [0.2, 0.25) is 0 Å². The first-order chi connectivity index (χ1) is 14.4. The fourth-order valence-electron chi connectivity index (χ4n) is 6.45. The SMILES string of the molecule is CC1NNC(C(=O)N2C[C@@H](F)C[C@@H]2C2CCCCC2)C1C(C)N[C@@H]1CC[C@@H](O)[C@H]1O. The fraction of sp³-hybridized carbons (Fsp3) is 0.955. The fourth-order valence-corrected chi connectivity index (χ4v) is 6.45. The van der Waals surface area contributed by atoms with Gasteiger partial charge in [0.25, 0.3) is 0 Å². The Labute approximate surface area is 179 Å². The molecule has 4 unspecified atom stereocenters. The van der Waals surface area contributed by atoms with Gasteiger partial charge in [-0.25, -0.2) is 9.82 Å². The van der Waals surface area contributed by atoms with Crippen molar-refractivity contribution in [2.24, 2.45) is 11.8 Å². The predicted octanol–water partition coefficient (Wildman–Crippen LogP) is 0.849. The molecule has 1 amide bonds. The van der Waals surface area contributed by atoms with Gasteiger partial charge in [0, 0.05) is 36.5 Å². The van der Waals surface area contributed by atoms with Gasteiger partial charge in [0.2, 0.25) is 5.91 Å². The topological polar surface area (TPSA) is 96.9 Å². The third-order valence-corrected chi connectivity index (χ3v) is 8.10. The van der Waals surface area contributed by atoms with Gasteiger partial charge < -0.3 is 20.4 Å². The summed E-state index contributed by atoms with van der Waals surface area (Å²) in [6.45, 7) is 4.28. The first-order valence-electron chi connectivity index (χ1n) is 11.9. The van der Waals surface area contributed by atoms with Crippen molar-refractivity contribution in [3.05, 3.63) is 0 Å². The summed E-state index contributed by atoms with van der Waals surface area (Å²) in [6.07, 6.45) is 5.16. The quantitative estimate of drug-likeness (QED) is 0.447. The van der Waals surface area contributed by atoms with E-state index in [1.165, 1.54) is 19.3 Å². The van der Waals surface area contributed by atoms with Gasteiger partial charge in [-0.2, -0.15) is 0 Å². The summed E-state index contributed by atoms with van der Waals surface area (Å²) in [5, 5.41) is 23.5. The van der Waals surface area contributed by atoms with Gasteiger partial charge in [0.1, 0.15) is 12.2 Å². The average molecular weight is 427 g/mol. The number of likely N-dealkylation sites (tertiary alicyclic amines) is 1. The lowest BCUT2D eigenvalue weighted by Crippen LogP contribution is -2.56. The van der Waals surface area contributed by atoms with Crippen LogP contribution in [0.5, 0.6) is 0 Å². The van der Waals surface area contributed by atoms with E-state index in [-0.39, 0.29) is 42.5 Å². The summed E-state index contributed by atoms with van der Waals surface area (Å²) in [7, 11) is 0. The van der Waals surface area contributed by atoms with Crippen molar-refractivity contribution < 1.29 is 19.4 Å². The zero-order valence-corrected chi connectivity index (χ0v) is 18.3. The van der Waals surface area contributed by atoms with Gasteiger partial charge in [0.05, 0.1) is 18.8 Å². The summed E-state index contributed by atoms with van der Waals surface area (Å²) in [5.41, 5.74) is 6.39. The number of aliphatic hydroxyl groups excluding tert-OH is 2. The zero-order chi connectivity index (χ0) is 21.4. The third kappa shape index (κ3) is 4.39. The standard InChI is InChI=1S/C22H39FN4O3/c1-12(24-16-8-9-18(28)21(16)29)19-13(2)25-26-20(19)22(30)27-11-15(23)10-17(27)14-6-4-3-5-7-14/h12-21,24-26,28-29H,3-11H2,1-2H3/t12?,13?,15-,16+,17+,18+,19?,20?,21-/m0/s1.